The molecule has 2 rings (SSSR count). The lowest BCUT2D eigenvalue weighted by Crippen LogP contribution is -2.12. The van der Waals surface area contributed by atoms with Gasteiger partial charge in [0.05, 0.1) is 6.33 Å². The monoisotopic (exact) mass is 222 g/mol. The van der Waals surface area contributed by atoms with Crippen molar-refractivity contribution in [2.45, 2.75) is 6.54 Å². The van der Waals surface area contributed by atoms with E-state index in [1.807, 2.05) is 0 Å². The molecule has 0 saturated heterocycles. The van der Waals surface area contributed by atoms with Crippen LogP contribution in [0.5, 0.6) is 0 Å². The molecule has 84 valence electrons. The summed E-state index contributed by atoms with van der Waals surface area (Å²) in [6, 6.07) is 0. The first-order valence-corrected chi connectivity index (χ1v) is 4.56. The molecule has 2 aromatic rings. The second kappa shape index (κ2) is 4.11. The van der Waals surface area contributed by atoms with Crippen molar-refractivity contribution in [1.29, 1.82) is 0 Å². The molecule has 8 heteroatoms. The van der Waals surface area contributed by atoms with Crippen LogP contribution in [0, 0.1) is 0 Å². The zero-order valence-electron chi connectivity index (χ0n) is 8.33. The van der Waals surface area contributed by atoms with E-state index in [1.165, 1.54) is 0 Å². The highest BCUT2D eigenvalue weighted by Crippen LogP contribution is 2.13. The van der Waals surface area contributed by atoms with E-state index >= 15 is 0 Å². The number of carbonyl (C=O) groups is 1. The quantitative estimate of drug-likeness (QED) is 0.682. The Morgan fingerprint density at radius 1 is 1.56 bits per heavy atom. The molecule has 0 fully saturated rings. The Morgan fingerprint density at radius 2 is 2.38 bits per heavy atom. The molecular weight excluding hydrogens is 212 g/mol. The molecule has 2 aromatic heterocycles. The molecule has 0 bridgehead atoms. The first-order valence-electron chi connectivity index (χ1n) is 4.56. The van der Waals surface area contributed by atoms with Crippen LogP contribution >= 0.6 is 0 Å². The number of amides is 1. The van der Waals surface area contributed by atoms with Gasteiger partial charge in [-0.2, -0.15) is 4.98 Å². The van der Waals surface area contributed by atoms with Gasteiger partial charge in [-0.15, -0.1) is 0 Å². The Kier molecular flexibility index (Phi) is 2.64. The van der Waals surface area contributed by atoms with E-state index < -0.39 is 5.91 Å². The zero-order chi connectivity index (χ0) is 11.5. The van der Waals surface area contributed by atoms with Gasteiger partial charge in [0.15, 0.2) is 0 Å². The maximum atomic E-state index is 10.7. The topological polar surface area (TPSA) is 126 Å². The minimum atomic E-state index is -0.739. The molecule has 1 amide bonds. The Morgan fingerprint density at radius 3 is 3.00 bits per heavy atom. The van der Waals surface area contributed by atoms with Gasteiger partial charge in [0, 0.05) is 19.3 Å². The number of nitrogens with zero attached hydrogens (tertiary/aromatic N) is 4. The zero-order valence-corrected chi connectivity index (χ0v) is 8.33. The SMILES string of the molecule is NCCn1cnc(-c2nc(C(N)=O)no2)c1. The third-order valence-corrected chi connectivity index (χ3v) is 1.89. The maximum Gasteiger partial charge on any atom is 0.290 e. The fourth-order valence-electron chi connectivity index (χ4n) is 1.17. The normalized spacial score (nSPS) is 10.6. The Balaban J connectivity index is 2.24. The van der Waals surface area contributed by atoms with Crippen LogP contribution in [0.3, 0.4) is 0 Å². The summed E-state index contributed by atoms with van der Waals surface area (Å²) >= 11 is 0. The molecule has 2 heterocycles. The molecule has 0 unspecified atom stereocenters. The fraction of sp³-hybridized carbons (Fsp3) is 0.250. The summed E-state index contributed by atoms with van der Waals surface area (Å²) < 4.78 is 6.62. The van der Waals surface area contributed by atoms with Crippen LogP contribution in [0.15, 0.2) is 17.0 Å². The summed E-state index contributed by atoms with van der Waals surface area (Å²) in [6.07, 6.45) is 3.29. The third-order valence-electron chi connectivity index (χ3n) is 1.89. The van der Waals surface area contributed by atoms with E-state index in [1.54, 1.807) is 17.1 Å². The third kappa shape index (κ3) is 1.91. The minimum absolute atomic E-state index is 0.157. The second-order valence-corrected chi connectivity index (χ2v) is 3.07. The highest BCUT2D eigenvalue weighted by atomic mass is 16.5. The van der Waals surface area contributed by atoms with Gasteiger partial charge >= 0.3 is 0 Å². The van der Waals surface area contributed by atoms with E-state index in [2.05, 4.69) is 15.1 Å². The number of carbonyl (C=O) groups excluding carboxylic acids is 1. The standard InChI is InChI=1S/C8H10N6O2/c9-1-2-14-3-5(11-4-14)8-12-7(6(10)15)13-16-8/h3-4H,1-2,9H2,(H2,10,15). The van der Waals surface area contributed by atoms with Crippen LogP contribution in [0.2, 0.25) is 0 Å². The van der Waals surface area contributed by atoms with Crippen LogP contribution in [0.1, 0.15) is 10.6 Å². The van der Waals surface area contributed by atoms with Crippen LogP contribution in [-0.4, -0.2) is 32.1 Å². The molecule has 0 aromatic carbocycles. The first kappa shape index (κ1) is 10.3. The molecule has 0 atom stereocenters. The number of primary amides is 1. The second-order valence-electron chi connectivity index (χ2n) is 3.07. The average Bonchev–Trinajstić information content (AvgIpc) is 2.84. The van der Waals surface area contributed by atoms with Gasteiger partial charge in [-0.25, -0.2) is 4.98 Å². The Hall–Kier alpha value is -2.22. The summed E-state index contributed by atoms with van der Waals surface area (Å²) in [5.74, 6) is -0.746. The molecule has 0 radical (unpaired) electrons. The van der Waals surface area contributed by atoms with Crippen molar-refractivity contribution in [2.24, 2.45) is 11.5 Å². The molecule has 0 aliphatic rings. The molecule has 0 aliphatic carbocycles. The fourth-order valence-corrected chi connectivity index (χ4v) is 1.17. The minimum Gasteiger partial charge on any atom is -0.363 e. The lowest BCUT2D eigenvalue weighted by molar-refractivity contribution is 0.0987. The van der Waals surface area contributed by atoms with Gasteiger partial charge in [0.25, 0.3) is 17.6 Å². The number of aromatic nitrogens is 4. The highest BCUT2D eigenvalue weighted by Gasteiger charge is 2.14. The van der Waals surface area contributed by atoms with E-state index in [0.29, 0.717) is 18.8 Å². The summed E-state index contributed by atoms with van der Waals surface area (Å²) in [5.41, 5.74) is 10.9. The van der Waals surface area contributed by atoms with Crippen molar-refractivity contribution in [2.75, 3.05) is 6.54 Å². The van der Waals surface area contributed by atoms with Crippen molar-refractivity contribution in [3.05, 3.63) is 18.3 Å². The number of rotatable bonds is 4. The van der Waals surface area contributed by atoms with E-state index in [-0.39, 0.29) is 11.7 Å². The number of hydrogen-bond donors (Lipinski definition) is 2. The first-order chi connectivity index (χ1) is 7.70. The summed E-state index contributed by atoms with van der Waals surface area (Å²) in [7, 11) is 0. The largest absolute Gasteiger partial charge is 0.363 e. The van der Waals surface area contributed by atoms with Crippen molar-refractivity contribution >= 4 is 5.91 Å². The van der Waals surface area contributed by atoms with Gasteiger partial charge in [-0.1, -0.05) is 5.16 Å². The van der Waals surface area contributed by atoms with Crippen LogP contribution in [0.25, 0.3) is 11.6 Å². The number of hydrogen-bond acceptors (Lipinski definition) is 6. The van der Waals surface area contributed by atoms with Crippen LogP contribution < -0.4 is 11.5 Å². The lowest BCUT2D eigenvalue weighted by atomic mass is 10.4. The summed E-state index contributed by atoms with van der Waals surface area (Å²) in [5, 5.41) is 3.41. The number of imidazole rings is 1. The van der Waals surface area contributed by atoms with Crippen molar-refractivity contribution in [1.82, 2.24) is 19.7 Å². The summed E-state index contributed by atoms with van der Waals surface area (Å²) in [4.78, 5) is 18.6. The molecular formula is C8H10N6O2. The Labute approximate surface area is 90.2 Å². The average molecular weight is 222 g/mol. The van der Waals surface area contributed by atoms with Gasteiger partial charge in [0.2, 0.25) is 0 Å². The summed E-state index contributed by atoms with van der Waals surface area (Å²) in [6.45, 7) is 1.15. The van der Waals surface area contributed by atoms with Crippen molar-refractivity contribution in [3.8, 4) is 11.6 Å². The lowest BCUT2D eigenvalue weighted by Gasteiger charge is -1.94. The molecule has 4 N–H and O–H groups in total. The molecule has 0 aliphatic heterocycles. The number of nitrogens with two attached hydrogens (primary N) is 2. The van der Waals surface area contributed by atoms with Crippen LogP contribution in [0.4, 0.5) is 0 Å². The predicted molar refractivity (Wildman–Crippen MR) is 53.1 cm³/mol. The smallest absolute Gasteiger partial charge is 0.290 e. The highest BCUT2D eigenvalue weighted by molar-refractivity contribution is 5.88. The maximum absolute atomic E-state index is 10.7. The van der Waals surface area contributed by atoms with Gasteiger partial charge < -0.3 is 20.6 Å². The van der Waals surface area contributed by atoms with Gasteiger partial charge in [-0.3, -0.25) is 4.79 Å². The van der Waals surface area contributed by atoms with Crippen molar-refractivity contribution < 1.29 is 9.32 Å². The Bertz CT molecular complexity index is 502. The molecule has 0 spiro atoms. The van der Waals surface area contributed by atoms with E-state index in [9.17, 15) is 4.79 Å². The molecule has 0 saturated carbocycles. The van der Waals surface area contributed by atoms with E-state index in [0.717, 1.165) is 0 Å². The molecule has 16 heavy (non-hydrogen) atoms. The van der Waals surface area contributed by atoms with Gasteiger partial charge in [0.1, 0.15) is 5.69 Å². The molecule has 8 nitrogen and oxygen atoms in total. The van der Waals surface area contributed by atoms with Crippen molar-refractivity contribution in [3.63, 3.8) is 0 Å². The van der Waals surface area contributed by atoms with Crippen LogP contribution in [-0.2, 0) is 6.54 Å². The predicted octanol–water partition coefficient (Wildman–Crippen LogP) is -1.01. The van der Waals surface area contributed by atoms with E-state index in [4.69, 9.17) is 16.0 Å². The van der Waals surface area contributed by atoms with Gasteiger partial charge in [-0.05, 0) is 0 Å².